The summed E-state index contributed by atoms with van der Waals surface area (Å²) < 4.78 is 23.9. The van der Waals surface area contributed by atoms with E-state index < -0.39 is 15.7 Å². The molecule has 0 saturated heterocycles. The molecule has 0 spiro atoms. The molecule has 8 heteroatoms. The summed E-state index contributed by atoms with van der Waals surface area (Å²) in [6.07, 6.45) is 0. The SMILES string of the molecule is C=CS(=O)(=O)c1ccccc1N=NC(=C)C(=O)Nc1cccc(N)c1. The van der Waals surface area contributed by atoms with Crippen LogP contribution >= 0.6 is 0 Å². The van der Waals surface area contributed by atoms with Crippen LogP contribution in [0.4, 0.5) is 17.1 Å². The number of hydrogen-bond acceptors (Lipinski definition) is 6. The highest BCUT2D eigenvalue weighted by molar-refractivity contribution is 7.94. The van der Waals surface area contributed by atoms with Crippen molar-refractivity contribution in [3.8, 4) is 0 Å². The maximum atomic E-state index is 12.0. The van der Waals surface area contributed by atoms with Gasteiger partial charge in [-0.15, -0.1) is 10.2 Å². The van der Waals surface area contributed by atoms with Crippen molar-refractivity contribution in [1.82, 2.24) is 0 Å². The van der Waals surface area contributed by atoms with Gasteiger partial charge in [0, 0.05) is 16.8 Å². The van der Waals surface area contributed by atoms with Gasteiger partial charge in [0.2, 0.25) is 9.84 Å². The first-order valence-corrected chi connectivity index (χ1v) is 8.62. The fourth-order valence-electron chi connectivity index (χ4n) is 1.85. The van der Waals surface area contributed by atoms with Crippen molar-refractivity contribution in [3.05, 3.63) is 72.8 Å². The van der Waals surface area contributed by atoms with Crippen LogP contribution in [0.2, 0.25) is 0 Å². The van der Waals surface area contributed by atoms with E-state index in [9.17, 15) is 13.2 Å². The third-order valence-electron chi connectivity index (χ3n) is 3.08. The van der Waals surface area contributed by atoms with Crippen LogP contribution in [0.5, 0.6) is 0 Å². The van der Waals surface area contributed by atoms with E-state index in [0.29, 0.717) is 11.4 Å². The smallest absolute Gasteiger partial charge is 0.275 e. The highest BCUT2D eigenvalue weighted by atomic mass is 32.2. The van der Waals surface area contributed by atoms with Crippen LogP contribution in [0.15, 0.2) is 87.9 Å². The Bertz CT molecular complexity index is 965. The van der Waals surface area contributed by atoms with Gasteiger partial charge in [-0.3, -0.25) is 4.79 Å². The van der Waals surface area contributed by atoms with Crippen LogP contribution in [0.1, 0.15) is 0 Å². The number of carbonyl (C=O) groups is 1. The van der Waals surface area contributed by atoms with E-state index in [1.807, 2.05) is 0 Å². The predicted octanol–water partition coefficient (Wildman–Crippen LogP) is 3.42. The maximum Gasteiger partial charge on any atom is 0.275 e. The standard InChI is InChI=1S/C17H16N4O3S/c1-3-25(23,24)16-10-5-4-9-15(16)21-20-12(2)17(22)19-14-8-6-7-13(18)11-14/h3-11H,1-2,18H2,(H,19,22). The predicted molar refractivity (Wildman–Crippen MR) is 97.0 cm³/mol. The molecule has 2 aromatic carbocycles. The second-order valence-corrected chi connectivity index (χ2v) is 6.77. The third-order valence-corrected chi connectivity index (χ3v) is 4.47. The van der Waals surface area contributed by atoms with E-state index in [1.165, 1.54) is 12.1 Å². The van der Waals surface area contributed by atoms with Crippen LogP contribution in [-0.4, -0.2) is 14.3 Å². The number of benzene rings is 2. The van der Waals surface area contributed by atoms with E-state index >= 15 is 0 Å². The Balaban J connectivity index is 2.18. The maximum absolute atomic E-state index is 12.0. The second kappa shape index (κ2) is 7.54. The molecule has 0 unspecified atom stereocenters. The van der Waals surface area contributed by atoms with Gasteiger partial charge >= 0.3 is 0 Å². The van der Waals surface area contributed by atoms with Gasteiger partial charge in [-0.1, -0.05) is 31.4 Å². The Hall–Kier alpha value is -3.26. The number of rotatable bonds is 6. The van der Waals surface area contributed by atoms with E-state index in [1.54, 1.807) is 36.4 Å². The number of anilines is 2. The molecule has 7 nitrogen and oxygen atoms in total. The average molecular weight is 356 g/mol. The summed E-state index contributed by atoms with van der Waals surface area (Å²) in [6, 6.07) is 12.6. The number of nitrogens with one attached hydrogen (secondary N) is 1. The Morgan fingerprint density at radius 1 is 1.16 bits per heavy atom. The minimum atomic E-state index is -3.68. The number of carbonyl (C=O) groups excluding carboxylic acids is 1. The van der Waals surface area contributed by atoms with Crippen LogP contribution in [0.3, 0.4) is 0 Å². The fourth-order valence-corrected chi connectivity index (χ4v) is 2.70. The van der Waals surface area contributed by atoms with Gasteiger partial charge in [0.15, 0.2) is 0 Å². The quantitative estimate of drug-likeness (QED) is 0.469. The summed E-state index contributed by atoms with van der Waals surface area (Å²) in [4.78, 5) is 12.0. The molecule has 0 aliphatic rings. The molecule has 0 saturated carbocycles. The molecule has 0 heterocycles. The zero-order valence-electron chi connectivity index (χ0n) is 13.2. The molecule has 0 aliphatic heterocycles. The lowest BCUT2D eigenvalue weighted by Gasteiger charge is -2.05. The molecular formula is C17H16N4O3S. The largest absolute Gasteiger partial charge is 0.399 e. The van der Waals surface area contributed by atoms with Crippen molar-refractivity contribution in [2.24, 2.45) is 10.2 Å². The lowest BCUT2D eigenvalue weighted by atomic mass is 10.3. The summed E-state index contributed by atoms with van der Waals surface area (Å²) in [7, 11) is -3.68. The fraction of sp³-hybridized carbons (Fsp3) is 0. The van der Waals surface area contributed by atoms with Crippen molar-refractivity contribution in [3.63, 3.8) is 0 Å². The summed E-state index contributed by atoms with van der Waals surface area (Å²) in [5.74, 6) is -0.585. The lowest BCUT2D eigenvalue weighted by Crippen LogP contribution is -2.12. The summed E-state index contributed by atoms with van der Waals surface area (Å²) >= 11 is 0. The minimum absolute atomic E-state index is 0.0576. The molecule has 0 aromatic heterocycles. The summed E-state index contributed by atoms with van der Waals surface area (Å²) in [6.45, 7) is 6.80. The molecule has 2 aromatic rings. The van der Waals surface area contributed by atoms with Gasteiger partial charge in [0.1, 0.15) is 11.4 Å². The van der Waals surface area contributed by atoms with Crippen molar-refractivity contribution in [1.29, 1.82) is 0 Å². The van der Waals surface area contributed by atoms with Gasteiger partial charge < -0.3 is 11.1 Å². The van der Waals surface area contributed by atoms with Crippen molar-refractivity contribution in [2.45, 2.75) is 4.90 Å². The normalized spacial score (nSPS) is 11.2. The molecule has 1 amide bonds. The Morgan fingerprint density at radius 3 is 2.56 bits per heavy atom. The van der Waals surface area contributed by atoms with E-state index in [2.05, 4.69) is 28.7 Å². The van der Waals surface area contributed by atoms with Crippen LogP contribution in [-0.2, 0) is 14.6 Å². The number of nitrogens with two attached hydrogens (primary N) is 1. The highest BCUT2D eigenvalue weighted by Gasteiger charge is 2.15. The molecule has 0 radical (unpaired) electrons. The molecule has 0 atom stereocenters. The first-order chi connectivity index (χ1) is 11.8. The first kappa shape index (κ1) is 18.1. The molecular weight excluding hydrogens is 340 g/mol. The first-order valence-electron chi connectivity index (χ1n) is 7.07. The minimum Gasteiger partial charge on any atom is -0.399 e. The number of amides is 1. The number of sulfone groups is 1. The van der Waals surface area contributed by atoms with E-state index in [4.69, 9.17) is 5.73 Å². The number of nitrogens with zero attached hydrogens (tertiary/aromatic N) is 2. The van der Waals surface area contributed by atoms with Crippen molar-refractivity contribution in [2.75, 3.05) is 11.1 Å². The van der Waals surface area contributed by atoms with E-state index in [-0.39, 0.29) is 16.3 Å². The second-order valence-electron chi connectivity index (χ2n) is 4.91. The molecule has 0 bridgehead atoms. The zero-order chi connectivity index (χ0) is 18.4. The summed E-state index contributed by atoms with van der Waals surface area (Å²) in [5.41, 5.74) is 6.51. The van der Waals surface area contributed by atoms with Crippen molar-refractivity contribution >= 4 is 32.8 Å². The Labute approximate surface area is 145 Å². The van der Waals surface area contributed by atoms with E-state index in [0.717, 1.165) is 5.41 Å². The zero-order valence-corrected chi connectivity index (χ0v) is 14.0. The van der Waals surface area contributed by atoms with Gasteiger partial charge in [0.05, 0.1) is 4.90 Å². The molecule has 128 valence electrons. The lowest BCUT2D eigenvalue weighted by molar-refractivity contribution is -0.112. The molecule has 0 aliphatic carbocycles. The van der Waals surface area contributed by atoms with Crippen LogP contribution in [0.25, 0.3) is 0 Å². The Kier molecular flexibility index (Phi) is 5.45. The number of nitrogen functional groups attached to an aromatic ring is 1. The highest BCUT2D eigenvalue weighted by Crippen LogP contribution is 2.26. The van der Waals surface area contributed by atoms with Crippen molar-refractivity contribution < 1.29 is 13.2 Å². The topological polar surface area (TPSA) is 114 Å². The molecule has 2 rings (SSSR count). The van der Waals surface area contributed by atoms with Gasteiger partial charge in [-0.05, 0) is 30.3 Å². The third kappa shape index (κ3) is 4.61. The molecule has 3 N–H and O–H groups in total. The number of hydrogen-bond donors (Lipinski definition) is 2. The van der Waals surface area contributed by atoms with Crippen LogP contribution in [0, 0.1) is 0 Å². The summed E-state index contributed by atoms with van der Waals surface area (Å²) in [5, 5.41) is 10.9. The number of azo groups is 1. The van der Waals surface area contributed by atoms with Crippen LogP contribution < -0.4 is 11.1 Å². The van der Waals surface area contributed by atoms with Gasteiger partial charge in [0.25, 0.3) is 5.91 Å². The monoisotopic (exact) mass is 356 g/mol. The van der Waals surface area contributed by atoms with Gasteiger partial charge in [-0.2, -0.15) is 0 Å². The van der Waals surface area contributed by atoms with Gasteiger partial charge in [-0.25, -0.2) is 8.42 Å². The molecule has 25 heavy (non-hydrogen) atoms. The average Bonchev–Trinajstić information content (AvgIpc) is 2.59. The Morgan fingerprint density at radius 2 is 1.88 bits per heavy atom. The molecule has 0 fully saturated rings.